The largest absolute Gasteiger partial charge is 0.396 e. The third kappa shape index (κ3) is 2.84. The van der Waals surface area contributed by atoms with Gasteiger partial charge in [0, 0.05) is 25.6 Å². The number of nitrogens with one attached hydrogen (secondary N) is 1. The van der Waals surface area contributed by atoms with Crippen molar-refractivity contribution in [3.8, 4) is 0 Å². The molecule has 0 aliphatic carbocycles. The molecule has 5 heteroatoms. The minimum atomic E-state index is 0.214. The molecule has 1 aliphatic rings. The van der Waals surface area contributed by atoms with E-state index in [1.807, 2.05) is 6.92 Å². The third-order valence-corrected chi connectivity index (χ3v) is 3.66. The van der Waals surface area contributed by atoms with Crippen LogP contribution in [0.5, 0.6) is 0 Å². The summed E-state index contributed by atoms with van der Waals surface area (Å²) in [7, 11) is 0. The molecule has 2 atom stereocenters. The molecule has 96 valence electrons. The van der Waals surface area contributed by atoms with E-state index in [1.54, 1.807) is 0 Å². The molecule has 2 heterocycles. The normalized spacial score (nSPS) is 18.8. The molecule has 2 N–H and O–H groups in total. The van der Waals surface area contributed by atoms with Gasteiger partial charge in [-0.1, -0.05) is 6.92 Å². The van der Waals surface area contributed by atoms with Gasteiger partial charge in [0.1, 0.15) is 11.6 Å². The average Bonchev–Trinajstić information content (AvgIpc) is 2.78. The maximum atomic E-state index is 9.08. The van der Waals surface area contributed by atoms with Gasteiger partial charge in [0.15, 0.2) is 0 Å². The van der Waals surface area contributed by atoms with Crippen molar-refractivity contribution < 1.29 is 5.11 Å². The predicted octanol–water partition coefficient (Wildman–Crippen LogP) is 0.721. The lowest BCUT2D eigenvalue weighted by atomic mass is 10.1. The Labute approximate surface area is 102 Å². The molecule has 0 fully saturated rings. The summed E-state index contributed by atoms with van der Waals surface area (Å²) < 4.78 is 2.23. The summed E-state index contributed by atoms with van der Waals surface area (Å²) in [6.07, 6.45) is 3.50. The van der Waals surface area contributed by atoms with E-state index in [2.05, 4.69) is 27.0 Å². The highest BCUT2D eigenvalue weighted by molar-refractivity contribution is 4.98. The van der Waals surface area contributed by atoms with Crippen molar-refractivity contribution in [3.05, 3.63) is 11.6 Å². The molecule has 1 aromatic rings. The van der Waals surface area contributed by atoms with Gasteiger partial charge in [0.25, 0.3) is 0 Å². The van der Waals surface area contributed by atoms with E-state index < -0.39 is 0 Å². The maximum absolute atomic E-state index is 9.08. The van der Waals surface area contributed by atoms with Crippen molar-refractivity contribution in [2.24, 2.45) is 5.92 Å². The lowest BCUT2D eigenvalue weighted by Crippen LogP contribution is -2.34. The van der Waals surface area contributed by atoms with Crippen molar-refractivity contribution in [3.63, 3.8) is 0 Å². The fraction of sp³-hybridized carbons (Fsp3) is 0.833. The minimum absolute atomic E-state index is 0.214. The quantitative estimate of drug-likeness (QED) is 0.793. The summed E-state index contributed by atoms with van der Waals surface area (Å²) in [6, 6.07) is 0.288. The highest BCUT2D eigenvalue weighted by Crippen LogP contribution is 2.14. The summed E-state index contributed by atoms with van der Waals surface area (Å²) in [5.74, 6) is 2.41. The molecule has 0 saturated heterocycles. The lowest BCUT2D eigenvalue weighted by molar-refractivity contribution is 0.206. The zero-order valence-corrected chi connectivity index (χ0v) is 10.7. The smallest absolute Gasteiger partial charge is 0.147 e. The van der Waals surface area contributed by atoms with Gasteiger partial charge >= 0.3 is 0 Å². The van der Waals surface area contributed by atoms with Gasteiger partial charge in [-0.15, -0.1) is 10.2 Å². The van der Waals surface area contributed by atoms with E-state index in [1.165, 1.54) is 12.8 Å². The van der Waals surface area contributed by atoms with Crippen molar-refractivity contribution in [1.29, 1.82) is 0 Å². The maximum Gasteiger partial charge on any atom is 0.147 e. The fourth-order valence-corrected chi connectivity index (χ4v) is 2.11. The van der Waals surface area contributed by atoms with Crippen LogP contribution in [0.1, 0.15) is 38.3 Å². The molecular formula is C12H22N4O. The second-order valence-corrected chi connectivity index (χ2v) is 4.97. The molecule has 5 nitrogen and oxygen atoms in total. The highest BCUT2D eigenvalue weighted by atomic mass is 16.3. The van der Waals surface area contributed by atoms with E-state index in [0.717, 1.165) is 31.2 Å². The van der Waals surface area contributed by atoms with Crippen LogP contribution >= 0.6 is 0 Å². The fourth-order valence-electron chi connectivity index (χ4n) is 2.11. The first-order valence-corrected chi connectivity index (χ1v) is 6.47. The zero-order chi connectivity index (χ0) is 12.3. The Balaban J connectivity index is 1.93. The Hall–Kier alpha value is -0.940. The van der Waals surface area contributed by atoms with Crippen molar-refractivity contribution in [1.82, 2.24) is 20.1 Å². The minimum Gasteiger partial charge on any atom is -0.396 e. The Kier molecular flexibility index (Phi) is 4.12. The number of aliphatic hydroxyl groups is 1. The second kappa shape index (κ2) is 5.60. The number of aryl methyl sites for hydroxylation is 1. The van der Waals surface area contributed by atoms with Gasteiger partial charge in [-0.3, -0.25) is 0 Å². The molecule has 0 amide bonds. The van der Waals surface area contributed by atoms with Gasteiger partial charge in [-0.2, -0.15) is 0 Å². The number of aromatic nitrogens is 3. The molecule has 1 aromatic heterocycles. The van der Waals surface area contributed by atoms with Crippen LogP contribution in [-0.2, 0) is 19.5 Å². The Bertz CT molecular complexity index is 363. The first-order valence-electron chi connectivity index (χ1n) is 6.47. The van der Waals surface area contributed by atoms with Gasteiger partial charge in [-0.05, 0) is 25.7 Å². The first kappa shape index (κ1) is 12.5. The standard InChI is InChI=1S/C12H22N4O/c1-9(8-17)10(2)13-7-12-15-14-11-5-3-4-6-16(11)12/h9-10,13,17H,3-8H2,1-2H3. The van der Waals surface area contributed by atoms with Crippen LogP contribution in [0.4, 0.5) is 0 Å². The molecule has 17 heavy (non-hydrogen) atoms. The van der Waals surface area contributed by atoms with Crippen LogP contribution in [0.15, 0.2) is 0 Å². The van der Waals surface area contributed by atoms with E-state index in [9.17, 15) is 0 Å². The monoisotopic (exact) mass is 238 g/mol. The zero-order valence-electron chi connectivity index (χ0n) is 10.7. The summed E-state index contributed by atoms with van der Waals surface area (Å²) in [5, 5.41) is 20.9. The number of fused-ring (bicyclic) bond motifs is 1. The van der Waals surface area contributed by atoms with Crippen LogP contribution in [0.3, 0.4) is 0 Å². The van der Waals surface area contributed by atoms with E-state index in [-0.39, 0.29) is 18.6 Å². The number of aliphatic hydroxyl groups excluding tert-OH is 1. The Morgan fingerprint density at radius 3 is 2.94 bits per heavy atom. The van der Waals surface area contributed by atoms with Crippen LogP contribution in [0.25, 0.3) is 0 Å². The Morgan fingerprint density at radius 2 is 2.18 bits per heavy atom. The molecule has 0 aromatic carbocycles. The van der Waals surface area contributed by atoms with Gasteiger partial charge in [0.2, 0.25) is 0 Å². The topological polar surface area (TPSA) is 63.0 Å². The summed E-state index contributed by atoms with van der Waals surface area (Å²) in [5.41, 5.74) is 0. The van der Waals surface area contributed by atoms with Crippen LogP contribution in [-0.4, -0.2) is 32.5 Å². The van der Waals surface area contributed by atoms with Crippen LogP contribution in [0.2, 0.25) is 0 Å². The van der Waals surface area contributed by atoms with Crippen LogP contribution in [0, 0.1) is 5.92 Å². The second-order valence-electron chi connectivity index (χ2n) is 4.97. The average molecular weight is 238 g/mol. The molecule has 0 radical (unpaired) electrons. The van der Waals surface area contributed by atoms with Crippen LogP contribution < -0.4 is 5.32 Å². The van der Waals surface area contributed by atoms with E-state index in [4.69, 9.17) is 5.11 Å². The Morgan fingerprint density at radius 1 is 1.35 bits per heavy atom. The van der Waals surface area contributed by atoms with E-state index >= 15 is 0 Å². The molecule has 0 saturated carbocycles. The summed E-state index contributed by atoms with van der Waals surface area (Å²) >= 11 is 0. The predicted molar refractivity (Wildman–Crippen MR) is 65.5 cm³/mol. The highest BCUT2D eigenvalue weighted by Gasteiger charge is 2.17. The number of nitrogens with zero attached hydrogens (tertiary/aromatic N) is 3. The number of hydrogen-bond acceptors (Lipinski definition) is 4. The van der Waals surface area contributed by atoms with Crippen molar-refractivity contribution in [2.75, 3.05) is 6.61 Å². The molecule has 0 spiro atoms. The lowest BCUT2D eigenvalue weighted by Gasteiger charge is -2.20. The number of rotatable bonds is 5. The van der Waals surface area contributed by atoms with Gasteiger partial charge in [-0.25, -0.2) is 0 Å². The molecule has 2 rings (SSSR count). The van der Waals surface area contributed by atoms with Gasteiger partial charge < -0.3 is 15.0 Å². The third-order valence-electron chi connectivity index (χ3n) is 3.66. The molecule has 0 bridgehead atoms. The molecule has 1 aliphatic heterocycles. The first-order chi connectivity index (χ1) is 8.22. The summed E-state index contributed by atoms with van der Waals surface area (Å²) in [4.78, 5) is 0. The van der Waals surface area contributed by atoms with Gasteiger partial charge in [0.05, 0.1) is 6.54 Å². The van der Waals surface area contributed by atoms with E-state index in [0.29, 0.717) is 0 Å². The SMILES string of the molecule is CC(CO)C(C)NCc1nnc2n1CCCC2. The molecular weight excluding hydrogens is 216 g/mol. The molecule has 2 unspecified atom stereocenters. The number of hydrogen-bond donors (Lipinski definition) is 2. The van der Waals surface area contributed by atoms with Crippen molar-refractivity contribution >= 4 is 0 Å². The summed E-state index contributed by atoms with van der Waals surface area (Å²) in [6.45, 7) is 6.12. The van der Waals surface area contributed by atoms with Crippen molar-refractivity contribution in [2.45, 2.75) is 52.2 Å².